The second kappa shape index (κ2) is 7.90. The molecule has 5 nitrogen and oxygen atoms in total. The molecule has 0 N–H and O–H groups in total. The minimum atomic E-state index is -1.04. The minimum absolute atomic E-state index is 0.192. The fourth-order valence-electron chi connectivity index (χ4n) is 2.60. The van der Waals surface area contributed by atoms with Crippen LogP contribution in [0.3, 0.4) is 0 Å². The van der Waals surface area contributed by atoms with Crippen LogP contribution < -0.4 is 0 Å². The predicted octanol–water partition coefficient (Wildman–Crippen LogP) is 2.58. The third-order valence-electron chi connectivity index (χ3n) is 3.95. The number of halogens is 1. The lowest BCUT2D eigenvalue weighted by atomic mass is 10.1. The fourth-order valence-corrected chi connectivity index (χ4v) is 2.60. The molecule has 1 aliphatic heterocycles. The van der Waals surface area contributed by atoms with Crippen molar-refractivity contribution in [3.8, 4) is 0 Å². The summed E-state index contributed by atoms with van der Waals surface area (Å²) in [7, 11) is 0. The number of morpholine rings is 1. The van der Waals surface area contributed by atoms with Crippen molar-refractivity contribution in [3.05, 3.63) is 71.5 Å². The number of esters is 1. The van der Waals surface area contributed by atoms with Crippen LogP contribution in [0.15, 0.2) is 54.6 Å². The van der Waals surface area contributed by atoms with E-state index in [9.17, 15) is 14.0 Å². The smallest absolute Gasteiger partial charge is 0.339 e. The first kappa shape index (κ1) is 17.1. The summed E-state index contributed by atoms with van der Waals surface area (Å²) in [6.07, 6.45) is -1.04. The number of amides is 1. The lowest BCUT2D eigenvalue weighted by Gasteiger charge is -2.30. The van der Waals surface area contributed by atoms with Gasteiger partial charge in [-0.2, -0.15) is 0 Å². The van der Waals surface area contributed by atoms with Gasteiger partial charge in [0.1, 0.15) is 5.82 Å². The number of ether oxygens (including phenoxy) is 2. The topological polar surface area (TPSA) is 55.8 Å². The molecule has 1 unspecified atom stereocenters. The number of benzene rings is 2. The van der Waals surface area contributed by atoms with Crippen molar-refractivity contribution >= 4 is 11.9 Å². The molecule has 25 heavy (non-hydrogen) atoms. The first-order chi connectivity index (χ1) is 12.1. The van der Waals surface area contributed by atoms with Gasteiger partial charge in [0.15, 0.2) is 0 Å². The maximum absolute atomic E-state index is 13.0. The third-order valence-corrected chi connectivity index (χ3v) is 3.95. The highest BCUT2D eigenvalue weighted by Gasteiger charge is 2.30. The molecular weight excluding hydrogens is 325 g/mol. The Bertz CT molecular complexity index is 727. The summed E-state index contributed by atoms with van der Waals surface area (Å²) in [6, 6.07) is 13.9. The van der Waals surface area contributed by atoms with Gasteiger partial charge in [0.2, 0.25) is 6.10 Å². The average molecular weight is 343 g/mol. The van der Waals surface area contributed by atoms with Gasteiger partial charge in [-0.3, -0.25) is 4.79 Å². The Morgan fingerprint density at radius 3 is 2.28 bits per heavy atom. The molecule has 0 bridgehead atoms. The van der Waals surface area contributed by atoms with E-state index in [2.05, 4.69) is 0 Å². The molecule has 0 aromatic heterocycles. The van der Waals surface area contributed by atoms with E-state index in [1.807, 2.05) is 6.07 Å². The normalized spacial score (nSPS) is 15.5. The fraction of sp³-hybridized carbons (Fsp3) is 0.263. The Hall–Kier alpha value is -2.73. The Morgan fingerprint density at radius 1 is 1.00 bits per heavy atom. The van der Waals surface area contributed by atoms with Crippen LogP contribution in [0.4, 0.5) is 4.39 Å². The zero-order valence-electron chi connectivity index (χ0n) is 13.6. The average Bonchev–Trinajstić information content (AvgIpc) is 2.67. The molecule has 0 aliphatic carbocycles. The number of nitrogens with zero attached hydrogens (tertiary/aromatic N) is 1. The van der Waals surface area contributed by atoms with E-state index in [4.69, 9.17) is 9.47 Å². The van der Waals surface area contributed by atoms with Gasteiger partial charge in [-0.15, -0.1) is 0 Å². The summed E-state index contributed by atoms with van der Waals surface area (Å²) in [4.78, 5) is 26.9. The molecule has 130 valence electrons. The molecular formula is C19H18FNO4. The molecule has 3 rings (SSSR count). The van der Waals surface area contributed by atoms with E-state index < -0.39 is 17.9 Å². The summed E-state index contributed by atoms with van der Waals surface area (Å²) in [6.45, 7) is 1.82. The lowest BCUT2D eigenvalue weighted by Crippen LogP contribution is -2.44. The summed E-state index contributed by atoms with van der Waals surface area (Å²) < 4.78 is 23.8. The van der Waals surface area contributed by atoms with Gasteiger partial charge >= 0.3 is 5.97 Å². The molecule has 0 radical (unpaired) electrons. The molecule has 0 spiro atoms. The van der Waals surface area contributed by atoms with Crippen molar-refractivity contribution in [2.75, 3.05) is 26.3 Å². The van der Waals surface area contributed by atoms with Crippen LogP contribution in [0.25, 0.3) is 0 Å². The van der Waals surface area contributed by atoms with Gasteiger partial charge in [0, 0.05) is 18.7 Å². The van der Waals surface area contributed by atoms with Crippen LogP contribution in [0.5, 0.6) is 0 Å². The Balaban J connectivity index is 1.82. The highest BCUT2D eigenvalue weighted by Crippen LogP contribution is 2.22. The van der Waals surface area contributed by atoms with Crippen molar-refractivity contribution in [3.63, 3.8) is 0 Å². The van der Waals surface area contributed by atoms with Gasteiger partial charge in [0.05, 0.1) is 18.8 Å². The standard InChI is InChI=1S/C19H18FNO4/c20-16-8-6-15(7-9-16)19(23)25-17(14-4-2-1-3-5-14)18(22)21-10-12-24-13-11-21/h1-9,17H,10-13H2. The number of carbonyl (C=O) groups excluding carboxylic acids is 2. The third kappa shape index (κ3) is 4.22. The molecule has 2 aromatic rings. The first-order valence-corrected chi connectivity index (χ1v) is 8.03. The van der Waals surface area contributed by atoms with Crippen molar-refractivity contribution < 1.29 is 23.5 Å². The molecule has 0 saturated carbocycles. The van der Waals surface area contributed by atoms with Crippen LogP contribution in [-0.4, -0.2) is 43.1 Å². The highest BCUT2D eigenvalue weighted by atomic mass is 19.1. The van der Waals surface area contributed by atoms with Gasteiger partial charge in [-0.25, -0.2) is 9.18 Å². The quantitative estimate of drug-likeness (QED) is 0.801. The van der Waals surface area contributed by atoms with Crippen molar-refractivity contribution in [2.24, 2.45) is 0 Å². The lowest BCUT2D eigenvalue weighted by molar-refractivity contribution is -0.145. The van der Waals surface area contributed by atoms with E-state index in [0.717, 1.165) is 0 Å². The van der Waals surface area contributed by atoms with E-state index in [-0.39, 0.29) is 11.5 Å². The SMILES string of the molecule is O=C(OC(C(=O)N1CCOCC1)c1ccccc1)c1ccc(F)cc1. The number of carbonyl (C=O) groups is 2. The Labute approximate surface area is 145 Å². The van der Waals surface area contributed by atoms with E-state index in [1.54, 1.807) is 29.2 Å². The zero-order valence-corrected chi connectivity index (χ0v) is 13.6. The van der Waals surface area contributed by atoms with Crippen LogP contribution in [-0.2, 0) is 14.3 Å². The van der Waals surface area contributed by atoms with Gasteiger partial charge in [0.25, 0.3) is 5.91 Å². The molecule has 1 fully saturated rings. The van der Waals surface area contributed by atoms with Crippen LogP contribution >= 0.6 is 0 Å². The molecule has 1 amide bonds. The summed E-state index contributed by atoms with van der Waals surface area (Å²) in [5.41, 5.74) is 0.784. The number of hydrogen-bond donors (Lipinski definition) is 0. The van der Waals surface area contributed by atoms with Crippen LogP contribution in [0, 0.1) is 5.82 Å². The molecule has 6 heteroatoms. The number of hydrogen-bond acceptors (Lipinski definition) is 4. The second-order valence-electron chi connectivity index (χ2n) is 5.64. The van der Waals surface area contributed by atoms with E-state index in [0.29, 0.717) is 31.9 Å². The van der Waals surface area contributed by atoms with Gasteiger partial charge < -0.3 is 14.4 Å². The zero-order chi connectivity index (χ0) is 17.6. The van der Waals surface area contributed by atoms with Crippen LogP contribution in [0.1, 0.15) is 22.0 Å². The maximum Gasteiger partial charge on any atom is 0.339 e. The van der Waals surface area contributed by atoms with Crippen molar-refractivity contribution in [1.82, 2.24) is 4.90 Å². The van der Waals surface area contributed by atoms with Crippen LogP contribution in [0.2, 0.25) is 0 Å². The predicted molar refractivity (Wildman–Crippen MR) is 88.4 cm³/mol. The first-order valence-electron chi connectivity index (χ1n) is 8.03. The van der Waals surface area contributed by atoms with E-state index in [1.165, 1.54) is 24.3 Å². The monoisotopic (exact) mass is 343 g/mol. The molecule has 1 saturated heterocycles. The summed E-state index contributed by atoms with van der Waals surface area (Å²) >= 11 is 0. The second-order valence-corrected chi connectivity index (χ2v) is 5.64. The van der Waals surface area contributed by atoms with E-state index >= 15 is 0 Å². The Kier molecular flexibility index (Phi) is 5.40. The molecule has 1 aliphatic rings. The minimum Gasteiger partial charge on any atom is -0.444 e. The Morgan fingerprint density at radius 2 is 1.64 bits per heavy atom. The van der Waals surface area contributed by atoms with Crippen molar-refractivity contribution in [1.29, 1.82) is 0 Å². The van der Waals surface area contributed by atoms with Crippen molar-refractivity contribution in [2.45, 2.75) is 6.10 Å². The maximum atomic E-state index is 13.0. The summed E-state index contributed by atoms with van der Waals surface area (Å²) in [5.74, 6) is -1.40. The number of rotatable bonds is 4. The molecule has 1 atom stereocenters. The summed E-state index contributed by atoms with van der Waals surface area (Å²) in [5, 5.41) is 0. The molecule has 2 aromatic carbocycles. The molecule has 1 heterocycles. The highest BCUT2D eigenvalue weighted by molar-refractivity contribution is 5.92. The van der Waals surface area contributed by atoms with Gasteiger partial charge in [-0.1, -0.05) is 30.3 Å². The largest absolute Gasteiger partial charge is 0.444 e. The van der Waals surface area contributed by atoms with Gasteiger partial charge in [-0.05, 0) is 24.3 Å².